The fourth-order valence-electron chi connectivity index (χ4n) is 4.73. The lowest BCUT2D eigenvalue weighted by molar-refractivity contribution is -0.117. The number of benzene rings is 3. The van der Waals surface area contributed by atoms with E-state index >= 15 is 0 Å². The maximum Gasteiger partial charge on any atom is 0.255 e. The van der Waals surface area contributed by atoms with Gasteiger partial charge >= 0.3 is 0 Å². The van der Waals surface area contributed by atoms with Crippen molar-refractivity contribution in [3.63, 3.8) is 0 Å². The molecule has 1 fully saturated rings. The summed E-state index contributed by atoms with van der Waals surface area (Å²) >= 11 is 12.4. The Hall–Kier alpha value is -3.85. The van der Waals surface area contributed by atoms with Crippen molar-refractivity contribution in [2.24, 2.45) is 0 Å². The molecule has 212 valence electrons. The normalized spacial score (nSPS) is 14.6. The molecule has 1 unspecified atom stereocenters. The SMILES string of the molecule is CCOc1cccc(-n2cc(-c3ccccc3)nc2NC(=O)CN(CC2CCCO2)C(=O)c2ccc(Cl)cc2Cl)c1. The van der Waals surface area contributed by atoms with E-state index in [-0.39, 0.29) is 35.7 Å². The molecule has 2 amide bonds. The highest BCUT2D eigenvalue weighted by Crippen LogP contribution is 2.27. The summed E-state index contributed by atoms with van der Waals surface area (Å²) in [5.74, 6) is 0.228. The highest BCUT2D eigenvalue weighted by Gasteiger charge is 2.27. The van der Waals surface area contributed by atoms with Crippen LogP contribution < -0.4 is 10.1 Å². The molecule has 0 aliphatic carbocycles. The number of aromatic nitrogens is 2. The molecule has 1 saturated heterocycles. The Morgan fingerprint density at radius 1 is 1.10 bits per heavy atom. The van der Waals surface area contributed by atoms with Crippen LogP contribution in [0.1, 0.15) is 30.1 Å². The van der Waals surface area contributed by atoms with Gasteiger partial charge in [0.2, 0.25) is 11.9 Å². The van der Waals surface area contributed by atoms with Crippen LogP contribution in [0.25, 0.3) is 16.9 Å². The maximum atomic E-state index is 13.6. The summed E-state index contributed by atoms with van der Waals surface area (Å²) in [6.07, 6.45) is 3.41. The first-order valence-electron chi connectivity index (χ1n) is 13.4. The molecule has 5 rings (SSSR count). The number of carbonyl (C=O) groups excluding carboxylic acids is 2. The summed E-state index contributed by atoms with van der Waals surface area (Å²) in [7, 11) is 0. The Morgan fingerprint density at radius 2 is 1.93 bits per heavy atom. The molecule has 0 bridgehead atoms. The van der Waals surface area contributed by atoms with Crippen LogP contribution in [0, 0.1) is 0 Å². The first kappa shape index (κ1) is 28.7. The molecule has 1 N–H and O–H groups in total. The Morgan fingerprint density at radius 3 is 2.66 bits per heavy atom. The zero-order chi connectivity index (χ0) is 28.8. The van der Waals surface area contributed by atoms with Crippen LogP contribution in [-0.2, 0) is 9.53 Å². The summed E-state index contributed by atoms with van der Waals surface area (Å²) in [6, 6.07) is 21.9. The fourth-order valence-corrected chi connectivity index (χ4v) is 5.22. The second-order valence-corrected chi connectivity index (χ2v) is 10.5. The van der Waals surface area contributed by atoms with E-state index in [4.69, 9.17) is 37.7 Å². The van der Waals surface area contributed by atoms with Crippen LogP contribution in [0.3, 0.4) is 0 Å². The molecule has 41 heavy (non-hydrogen) atoms. The third kappa shape index (κ3) is 7.08. The van der Waals surface area contributed by atoms with Gasteiger partial charge < -0.3 is 14.4 Å². The highest BCUT2D eigenvalue weighted by atomic mass is 35.5. The van der Waals surface area contributed by atoms with E-state index in [1.807, 2.05) is 67.7 Å². The molecule has 3 aromatic carbocycles. The quantitative estimate of drug-likeness (QED) is 0.227. The van der Waals surface area contributed by atoms with Gasteiger partial charge in [-0.3, -0.25) is 19.5 Å². The molecule has 0 saturated carbocycles. The van der Waals surface area contributed by atoms with Gasteiger partial charge in [0.15, 0.2) is 0 Å². The monoisotopic (exact) mass is 592 g/mol. The van der Waals surface area contributed by atoms with Crippen molar-refractivity contribution in [1.82, 2.24) is 14.5 Å². The van der Waals surface area contributed by atoms with Crippen molar-refractivity contribution in [3.8, 4) is 22.7 Å². The van der Waals surface area contributed by atoms with Gasteiger partial charge in [0.05, 0.1) is 34.7 Å². The van der Waals surface area contributed by atoms with E-state index in [9.17, 15) is 9.59 Å². The zero-order valence-electron chi connectivity index (χ0n) is 22.6. The summed E-state index contributed by atoms with van der Waals surface area (Å²) < 4.78 is 13.3. The zero-order valence-corrected chi connectivity index (χ0v) is 24.1. The lowest BCUT2D eigenvalue weighted by atomic mass is 10.1. The Bertz CT molecular complexity index is 1520. The Labute approximate surface area is 248 Å². The maximum absolute atomic E-state index is 13.6. The summed E-state index contributed by atoms with van der Waals surface area (Å²) in [4.78, 5) is 33.2. The van der Waals surface area contributed by atoms with Crippen molar-refractivity contribution in [2.45, 2.75) is 25.9 Å². The number of hydrogen-bond acceptors (Lipinski definition) is 5. The number of anilines is 1. The number of ether oxygens (including phenoxy) is 2. The second-order valence-electron chi connectivity index (χ2n) is 9.61. The van der Waals surface area contributed by atoms with Crippen molar-refractivity contribution < 1.29 is 19.1 Å². The minimum Gasteiger partial charge on any atom is -0.494 e. The molecule has 1 atom stereocenters. The molecule has 4 aromatic rings. The van der Waals surface area contributed by atoms with E-state index in [1.165, 1.54) is 11.0 Å². The number of halogens is 2. The average molecular weight is 594 g/mol. The van der Waals surface area contributed by atoms with Crippen LogP contribution in [0.4, 0.5) is 5.95 Å². The molecule has 1 aliphatic rings. The van der Waals surface area contributed by atoms with Crippen LogP contribution in [0.15, 0.2) is 79.0 Å². The number of carbonyl (C=O) groups is 2. The van der Waals surface area contributed by atoms with Crippen LogP contribution in [-0.4, -0.2) is 58.7 Å². The van der Waals surface area contributed by atoms with Gasteiger partial charge in [-0.2, -0.15) is 0 Å². The van der Waals surface area contributed by atoms with Crippen LogP contribution in [0.2, 0.25) is 10.0 Å². The predicted octanol–water partition coefficient (Wildman–Crippen LogP) is 6.50. The lowest BCUT2D eigenvalue weighted by Crippen LogP contribution is -2.42. The van der Waals surface area contributed by atoms with E-state index in [0.29, 0.717) is 35.6 Å². The number of nitrogens with zero attached hydrogens (tertiary/aromatic N) is 3. The van der Waals surface area contributed by atoms with Crippen LogP contribution in [0.5, 0.6) is 5.75 Å². The second kappa shape index (κ2) is 13.2. The van der Waals surface area contributed by atoms with Gasteiger partial charge in [-0.15, -0.1) is 0 Å². The molecular weight excluding hydrogens is 563 g/mol. The topological polar surface area (TPSA) is 85.7 Å². The number of rotatable bonds is 10. The molecule has 1 aliphatic heterocycles. The van der Waals surface area contributed by atoms with Gasteiger partial charge in [0.25, 0.3) is 5.91 Å². The number of nitrogens with one attached hydrogen (secondary N) is 1. The van der Waals surface area contributed by atoms with Gasteiger partial charge in [-0.05, 0) is 50.1 Å². The van der Waals surface area contributed by atoms with Crippen molar-refractivity contribution in [2.75, 3.05) is 31.6 Å². The minimum atomic E-state index is -0.408. The van der Waals surface area contributed by atoms with Gasteiger partial charge in [0.1, 0.15) is 12.3 Å². The first-order chi connectivity index (χ1) is 19.9. The molecule has 1 aromatic heterocycles. The Balaban J connectivity index is 1.43. The van der Waals surface area contributed by atoms with E-state index in [2.05, 4.69) is 5.32 Å². The average Bonchev–Trinajstić information content (AvgIpc) is 3.63. The van der Waals surface area contributed by atoms with Crippen molar-refractivity contribution >= 4 is 41.0 Å². The fraction of sp³-hybridized carbons (Fsp3) is 0.258. The summed E-state index contributed by atoms with van der Waals surface area (Å²) in [6.45, 7) is 3.11. The standard InChI is InChI=1S/C31H30Cl2N4O4/c1-2-40-24-11-6-10-23(17-24)37-19-28(21-8-4-3-5-9-21)34-31(37)35-29(38)20-36(18-25-12-7-15-41-25)30(39)26-14-13-22(32)16-27(26)33/h3-6,8-11,13-14,16-17,19,25H,2,7,12,15,18,20H2,1H3,(H,34,35,38). The van der Waals surface area contributed by atoms with E-state index in [0.717, 1.165) is 24.1 Å². The lowest BCUT2D eigenvalue weighted by Gasteiger charge is -2.25. The third-order valence-corrected chi connectivity index (χ3v) is 7.21. The molecular formula is C31H30Cl2N4O4. The summed E-state index contributed by atoms with van der Waals surface area (Å²) in [5.41, 5.74) is 2.61. The number of imidazole rings is 1. The van der Waals surface area contributed by atoms with Gasteiger partial charge in [-0.1, -0.05) is 59.6 Å². The molecule has 0 spiro atoms. The van der Waals surface area contributed by atoms with E-state index in [1.54, 1.807) is 16.7 Å². The van der Waals surface area contributed by atoms with Gasteiger partial charge in [-0.25, -0.2) is 4.98 Å². The molecule has 10 heteroatoms. The third-order valence-electron chi connectivity index (χ3n) is 6.66. The minimum absolute atomic E-state index is 0.161. The Kier molecular flexibility index (Phi) is 9.24. The van der Waals surface area contributed by atoms with E-state index < -0.39 is 5.91 Å². The number of hydrogen-bond donors (Lipinski definition) is 1. The number of amides is 2. The first-order valence-corrected chi connectivity index (χ1v) is 14.2. The van der Waals surface area contributed by atoms with Crippen molar-refractivity contribution in [1.29, 1.82) is 0 Å². The molecule has 2 heterocycles. The van der Waals surface area contributed by atoms with Gasteiger partial charge in [0, 0.05) is 36.0 Å². The highest BCUT2D eigenvalue weighted by molar-refractivity contribution is 6.36. The predicted molar refractivity (Wildman–Crippen MR) is 160 cm³/mol. The smallest absolute Gasteiger partial charge is 0.255 e. The van der Waals surface area contributed by atoms with Crippen molar-refractivity contribution in [3.05, 3.63) is 94.6 Å². The summed E-state index contributed by atoms with van der Waals surface area (Å²) in [5, 5.41) is 3.56. The molecule has 8 nitrogen and oxygen atoms in total. The molecule has 0 radical (unpaired) electrons. The van der Waals surface area contributed by atoms with Crippen LogP contribution >= 0.6 is 23.2 Å². The largest absolute Gasteiger partial charge is 0.494 e.